The van der Waals surface area contributed by atoms with Crippen LogP contribution in [0.3, 0.4) is 0 Å². The average Bonchev–Trinajstić information content (AvgIpc) is 3.34. The number of aromatic nitrogens is 1. The third-order valence-electron chi connectivity index (χ3n) is 7.81. The monoisotopic (exact) mass is 633 g/mol. The summed E-state index contributed by atoms with van der Waals surface area (Å²) in [5.74, 6) is 0.873. The molecular formula is C28H36IN5O2S. The highest BCUT2D eigenvalue weighted by Crippen LogP contribution is 2.34. The third kappa shape index (κ3) is 6.07. The largest absolute Gasteiger partial charge is 0.497 e. The van der Waals surface area contributed by atoms with E-state index in [0.717, 1.165) is 72.1 Å². The van der Waals surface area contributed by atoms with Crippen LogP contribution in [0.25, 0.3) is 20.8 Å². The molecule has 3 aromatic rings. The molecule has 37 heavy (non-hydrogen) atoms. The number of fused-ring (bicyclic) bond motifs is 1. The van der Waals surface area contributed by atoms with Crippen molar-refractivity contribution in [3.05, 3.63) is 42.5 Å². The van der Waals surface area contributed by atoms with Crippen molar-refractivity contribution in [1.82, 2.24) is 20.1 Å². The number of piperazine rings is 1. The Morgan fingerprint density at radius 1 is 1.03 bits per heavy atom. The van der Waals surface area contributed by atoms with Crippen molar-refractivity contribution >= 4 is 49.8 Å². The van der Waals surface area contributed by atoms with Crippen molar-refractivity contribution in [2.24, 2.45) is 0 Å². The van der Waals surface area contributed by atoms with Crippen LogP contribution in [0.2, 0.25) is 0 Å². The van der Waals surface area contributed by atoms with Crippen LogP contribution in [-0.4, -0.2) is 97.1 Å². The zero-order valence-electron chi connectivity index (χ0n) is 21.4. The van der Waals surface area contributed by atoms with Gasteiger partial charge in [-0.1, -0.05) is 22.6 Å². The number of thiazole rings is 1. The summed E-state index contributed by atoms with van der Waals surface area (Å²) in [6, 6.07) is 14.9. The molecule has 7 nitrogen and oxygen atoms in total. The average molecular weight is 634 g/mol. The second-order valence-electron chi connectivity index (χ2n) is 10.3. The van der Waals surface area contributed by atoms with Gasteiger partial charge in [0.25, 0.3) is 0 Å². The molecule has 0 aliphatic carbocycles. The summed E-state index contributed by atoms with van der Waals surface area (Å²) in [5.41, 5.74) is 3.45. The molecule has 2 atom stereocenters. The minimum Gasteiger partial charge on any atom is -0.497 e. The summed E-state index contributed by atoms with van der Waals surface area (Å²) < 4.78 is 13.6. The molecule has 0 amide bonds. The molecule has 3 saturated heterocycles. The molecule has 2 unspecified atom stereocenters. The molecule has 3 aliphatic heterocycles. The van der Waals surface area contributed by atoms with Crippen molar-refractivity contribution in [2.75, 3.05) is 70.9 Å². The number of alkyl halides is 1. The second-order valence-corrected chi connectivity index (χ2v) is 12.7. The molecule has 198 valence electrons. The lowest BCUT2D eigenvalue weighted by Gasteiger charge is -2.44. The fourth-order valence-electron chi connectivity index (χ4n) is 5.49. The number of halogens is 1. The van der Waals surface area contributed by atoms with E-state index in [0.29, 0.717) is 16.3 Å². The predicted octanol–water partition coefficient (Wildman–Crippen LogP) is 4.31. The van der Waals surface area contributed by atoms with Crippen LogP contribution in [0.5, 0.6) is 5.75 Å². The minimum absolute atomic E-state index is 0.347. The number of nitrogens with zero attached hydrogens (tertiary/aromatic N) is 4. The Morgan fingerprint density at radius 2 is 1.84 bits per heavy atom. The maximum Gasteiger partial charge on any atom is 0.124 e. The van der Waals surface area contributed by atoms with Crippen molar-refractivity contribution < 1.29 is 9.47 Å². The normalized spacial score (nSPS) is 23.9. The lowest BCUT2D eigenvalue weighted by molar-refractivity contribution is -0.0553. The van der Waals surface area contributed by atoms with Crippen molar-refractivity contribution in [1.29, 1.82) is 0 Å². The van der Waals surface area contributed by atoms with Gasteiger partial charge in [0.15, 0.2) is 0 Å². The number of hydrogen-bond acceptors (Lipinski definition) is 8. The van der Waals surface area contributed by atoms with E-state index in [2.05, 4.69) is 72.9 Å². The summed E-state index contributed by atoms with van der Waals surface area (Å²) in [7, 11) is 1.70. The zero-order valence-corrected chi connectivity index (χ0v) is 24.4. The van der Waals surface area contributed by atoms with E-state index >= 15 is 0 Å². The van der Waals surface area contributed by atoms with Gasteiger partial charge in [-0.05, 0) is 55.3 Å². The molecule has 3 aliphatic rings. The summed E-state index contributed by atoms with van der Waals surface area (Å²) in [6.07, 6.45) is 3.03. The smallest absolute Gasteiger partial charge is 0.124 e. The van der Waals surface area contributed by atoms with Gasteiger partial charge in [0.1, 0.15) is 10.8 Å². The summed E-state index contributed by atoms with van der Waals surface area (Å²) in [6.45, 7) is 10.1. The SMILES string of the molecule is COc1ccc2nc(-c3ccc(N4CC(OC5CCN(CCN6CCNCC6)C(I)C5)C4)cc3)sc2c1. The molecule has 6 rings (SSSR count). The number of likely N-dealkylation sites (tertiary alicyclic amines) is 1. The van der Waals surface area contributed by atoms with Gasteiger partial charge in [-0.3, -0.25) is 9.80 Å². The number of benzene rings is 2. The predicted molar refractivity (Wildman–Crippen MR) is 160 cm³/mol. The van der Waals surface area contributed by atoms with Gasteiger partial charge in [-0.25, -0.2) is 4.98 Å². The number of piperidine rings is 1. The number of hydrogen-bond donors (Lipinski definition) is 1. The van der Waals surface area contributed by atoms with Gasteiger partial charge in [0.2, 0.25) is 0 Å². The number of ether oxygens (including phenoxy) is 2. The summed E-state index contributed by atoms with van der Waals surface area (Å²) in [5, 5.41) is 4.49. The second kappa shape index (κ2) is 11.7. The molecule has 0 spiro atoms. The molecule has 9 heteroatoms. The zero-order chi connectivity index (χ0) is 25.2. The Morgan fingerprint density at radius 3 is 2.59 bits per heavy atom. The fourth-order valence-corrected chi connectivity index (χ4v) is 7.62. The van der Waals surface area contributed by atoms with Crippen molar-refractivity contribution in [3.8, 4) is 16.3 Å². The Labute approximate surface area is 237 Å². The van der Waals surface area contributed by atoms with E-state index in [4.69, 9.17) is 14.5 Å². The molecule has 0 radical (unpaired) electrons. The van der Waals surface area contributed by atoms with Crippen LogP contribution in [0.15, 0.2) is 42.5 Å². The van der Waals surface area contributed by atoms with Gasteiger partial charge in [-0.2, -0.15) is 0 Å². The molecule has 1 aromatic heterocycles. The first-order valence-corrected chi connectivity index (χ1v) is 15.5. The Bertz CT molecular complexity index is 1180. The van der Waals surface area contributed by atoms with E-state index in [9.17, 15) is 0 Å². The summed E-state index contributed by atoms with van der Waals surface area (Å²) in [4.78, 5) is 12.5. The van der Waals surface area contributed by atoms with Crippen molar-refractivity contribution in [3.63, 3.8) is 0 Å². The number of methoxy groups -OCH3 is 1. The molecule has 3 fully saturated rings. The van der Waals surface area contributed by atoms with Crippen LogP contribution < -0.4 is 15.0 Å². The number of rotatable bonds is 8. The standard InChI is InChI=1S/C28H36IN5O2S/c1-35-22-6-7-25-26(16-22)37-28(31-25)20-2-4-21(5-3-20)34-18-24(19-34)36-23-8-11-33(27(29)17-23)15-14-32-12-9-30-10-13-32/h2-7,16,23-24,27,30H,8-15,17-19H2,1H3. The van der Waals surface area contributed by atoms with Crippen LogP contribution >= 0.6 is 33.9 Å². The fraction of sp³-hybridized carbons (Fsp3) is 0.536. The number of anilines is 1. The van der Waals surface area contributed by atoms with Crippen LogP contribution in [0.1, 0.15) is 12.8 Å². The molecule has 0 saturated carbocycles. The first kappa shape index (κ1) is 25.8. The maximum atomic E-state index is 6.53. The van der Waals surface area contributed by atoms with Crippen LogP contribution in [0.4, 0.5) is 5.69 Å². The minimum atomic E-state index is 0.347. The Kier molecular flexibility index (Phi) is 8.15. The first-order chi connectivity index (χ1) is 18.1. The van der Waals surface area contributed by atoms with Crippen LogP contribution in [-0.2, 0) is 4.74 Å². The molecule has 2 aromatic carbocycles. The molecule has 4 heterocycles. The summed E-state index contributed by atoms with van der Waals surface area (Å²) >= 11 is 4.34. The highest BCUT2D eigenvalue weighted by molar-refractivity contribution is 14.1. The van der Waals surface area contributed by atoms with Gasteiger partial charge >= 0.3 is 0 Å². The van der Waals surface area contributed by atoms with E-state index < -0.39 is 0 Å². The van der Waals surface area contributed by atoms with E-state index in [1.165, 1.54) is 31.9 Å². The van der Waals surface area contributed by atoms with Gasteiger partial charge in [-0.15, -0.1) is 11.3 Å². The molecule has 1 N–H and O–H groups in total. The molecule has 0 bridgehead atoms. The van der Waals surface area contributed by atoms with E-state index in [1.807, 2.05) is 12.1 Å². The highest BCUT2D eigenvalue weighted by atomic mass is 127. The van der Waals surface area contributed by atoms with Crippen molar-refractivity contribution in [2.45, 2.75) is 29.1 Å². The maximum absolute atomic E-state index is 6.53. The highest BCUT2D eigenvalue weighted by Gasteiger charge is 2.34. The van der Waals surface area contributed by atoms with Crippen LogP contribution in [0, 0.1) is 0 Å². The lowest BCUT2D eigenvalue weighted by atomic mass is 10.1. The van der Waals surface area contributed by atoms with E-state index in [1.54, 1.807) is 18.4 Å². The quantitative estimate of drug-likeness (QED) is 0.226. The van der Waals surface area contributed by atoms with Gasteiger partial charge < -0.3 is 19.7 Å². The third-order valence-corrected chi connectivity index (χ3v) is 10.2. The lowest BCUT2D eigenvalue weighted by Crippen LogP contribution is -2.55. The van der Waals surface area contributed by atoms with Gasteiger partial charge in [0, 0.05) is 70.2 Å². The Hall–Kier alpha value is -1.50. The topological polar surface area (TPSA) is 53.1 Å². The molecular weight excluding hydrogens is 597 g/mol. The number of nitrogens with one attached hydrogen (secondary N) is 1. The van der Waals surface area contributed by atoms with Gasteiger partial charge in [0.05, 0.1) is 33.6 Å². The first-order valence-electron chi connectivity index (χ1n) is 13.4. The van der Waals surface area contributed by atoms with E-state index in [-0.39, 0.29) is 0 Å². The Balaban J connectivity index is 0.959.